The van der Waals surface area contributed by atoms with Crippen molar-refractivity contribution in [2.75, 3.05) is 0 Å². The number of aryl methyl sites for hydroxylation is 3. The fourth-order valence-corrected chi connectivity index (χ4v) is 3.09. The molecule has 4 heteroatoms. The van der Waals surface area contributed by atoms with Gasteiger partial charge in [-0.25, -0.2) is 9.78 Å². The average molecular weight is 260 g/mol. The van der Waals surface area contributed by atoms with Crippen LogP contribution in [0.4, 0.5) is 0 Å². The van der Waals surface area contributed by atoms with Gasteiger partial charge in [-0.05, 0) is 31.9 Å². The maximum absolute atomic E-state index is 10.0. The third-order valence-electron chi connectivity index (χ3n) is 2.72. The van der Waals surface area contributed by atoms with Gasteiger partial charge in [0.05, 0.1) is 5.69 Å². The minimum Gasteiger partial charge on any atom is -0.451 e. The molecule has 1 radical (unpaired) electrons. The molecule has 1 aromatic heterocycles. The van der Waals surface area contributed by atoms with Gasteiger partial charge in [-0.15, -0.1) is 11.3 Å². The molecular formula is C14H14NO2S. The van der Waals surface area contributed by atoms with Crippen LogP contribution in [0.1, 0.15) is 22.4 Å². The van der Waals surface area contributed by atoms with Crippen LogP contribution < -0.4 is 0 Å². The highest BCUT2D eigenvalue weighted by atomic mass is 32.1. The molecule has 0 spiro atoms. The molecule has 1 aromatic carbocycles. The van der Waals surface area contributed by atoms with E-state index in [0.717, 1.165) is 10.7 Å². The number of rotatable bonds is 4. The fourth-order valence-electron chi connectivity index (χ4n) is 2.11. The summed E-state index contributed by atoms with van der Waals surface area (Å²) in [4.78, 5) is 14.5. The lowest BCUT2D eigenvalue weighted by Gasteiger charge is -2.08. The van der Waals surface area contributed by atoms with Crippen LogP contribution in [0.25, 0.3) is 10.6 Å². The molecule has 0 atom stereocenters. The van der Waals surface area contributed by atoms with Gasteiger partial charge in [0.2, 0.25) is 0 Å². The van der Waals surface area contributed by atoms with E-state index in [1.165, 1.54) is 28.7 Å². The molecule has 0 aliphatic rings. The Bertz CT molecular complexity index is 552. The Morgan fingerprint density at radius 2 is 1.94 bits per heavy atom. The lowest BCUT2D eigenvalue weighted by Crippen LogP contribution is -1.92. The third-order valence-corrected chi connectivity index (χ3v) is 3.63. The van der Waals surface area contributed by atoms with Gasteiger partial charge in [0.15, 0.2) is 0 Å². The van der Waals surface area contributed by atoms with Crippen molar-refractivity contribution >= 4 is 17.8 Å². The normalized spacial score (nSPS) is 10.4. The second-order valence-corrected chi connectivity index (χ2v) is 5.15. The molecular weight excluding hydrogens is 246 g/mol. The van der Waals surface area contributed by atoms with Crippen molar-refractivity contribution in [3.8, 4) is 10.6 Å². The van der Waals surface area contributed by atoms with Crippen molar-refractivity contribution in [1.82, 2.24) is 4.98 Å². The van der Waals surface area contributed by atoms with Crippen LogP contribution in [-0.4, -0.2) is 11.5 Å². The minimum absolute atomic E-state index is 0.184. The van der Waals surface area contributed by atoms with E-state index in [1.54, 1.807) is 11.3 Å². The zero-order chi connectivity index (χ0) is 13.1. The zero-order valence-corrected chi connectivity index (χ0v) is 11.4. The Morgan fingerprint density at radius 3 is 2.56 bits per heavy atom. The first-order chi connectivity index (χ1) is 8.61. The molecule has 18 heavy (non-hydrogen) atoms. The predicted octanol–water partition coefficient (Wildman–Crippen LogP) is 3.32. The Labute approximate surface area is 110 Å². The predicted molar refractivity (Wildman–Crippen MR) is 72.2 cm³/mol. The van der Waals surface area contributed by atoms with Crippen molar-refractivity contribution in [2.45, 2.75) is 27.4 Å². The van der Waals surface area contributed by atoms with E-state index < -0.39 is 0 Å². The van der Waals surface area contributed by atoms with E-state index in [4.69, 9.17) is 0 Å². The molecule has 93 valence electrons. The molecule has 0 amide bonds. The van der Waals surface area contributed by atoms with Crippen LogP contribution in [-0.2, 0) is 16.1 Å². The Morgan fingerprint density at radius 1 is 1.28 bits per heavy atom. The maximum atomic E-state index is 10.0. The highest BCUT2D eigenvalue weighted by molar-refractivity contribution is 7.13. The Hall–Kier alpha value is -1.68. The Kier molecular flexibility index (Phi) is 3.77. The summed E-state index contributed by atoms with van der Waals surface area (Å²) in [5.74, 6) is 0. The summed E-state index contributed by atoms with van der Waals surface area (Å²) in [5.41, 5.74) is 5.63. The van der Waals surface area contributed by atoms with Gasteiger partial charge in [0.25, 0.3) is 0 Å². The molecule has 0 unspecified atom stereocenters. The molecule has 0 fully saturated rings. The number of benzene rings is 1. The fraction of sp³-hybridized carbons (Fsp3) is 0.286. The quantitative estimate of drug-likeness (QED) is 0.846. The first kappa shape index (κ1) is 12.8. The summed E-state index contributed by atoms with van der Waals surface area (Å²) < 4.78 is 4.59. The highest BCUT2D eigenvalue weighted by Gasteiger charge is 2.11. The molecule has 3 nitrogen and oxygen atoms in total. The van der Waals surface area contributed by atoms with E-state index in [9.17, 15) is 4.79 Å². The van der Waals surface area contributed by atoms with Gasteiger partial charge < -0.3 is 4.74 Å². The summed E-state index contributed by atoms with van der Waals surface area (Å²) >= 11 is 1.57. The second kappa shape index (κ2) is 5.31. The summed E-state index contributed by atoms with van der Waals surface area (Å²) in [7, 11) is 0. The number of thiazole rings is 1. The van der Waals surface area contributed by atoms with Crippen LogP contribution in [0, 0.1) is 20.8 Å². The van der Waals surface area contributed by atoms with Crippen molar-refractivity contribution in [3.63, 3.8) is 0 Å². The van der Waals surface area contributed by atoms with Crippen molar-refractivity contribution < 1.29 is 9.53 Å². The molecule has 0 N–H and O–H groups in total. The van der Waals surface area contributed by atoms with Crippen LogP contribution in [0.2, 0.25) is 0 Å². The van der Waals surface area contributed by atoms with Crippen LogP contribution in [0.5, 0.6) is 0 Å². The van der Waals surface area contributed by atoms with E-state index >= 15 is 0 Å². The average Bonchev–Trinajstić information content (AvgIpc) is 2.73. The molecule has 1 heterocycles. The molecule has 2 aromatic rings. The first-order valence-electron chi connectivity index (χ1n) is 5.63. The summed E-state index contributed by atoms with van der Waals surface area (Å²) in [5, 5.41) is 2.88. The molecule has 0 saturated heterocycles. The monoisotopic (exact) mass is 260 g/mol. The number of carbonyl (C=O) groups excluding carboxylic acids is 1. The van der Waals surface area contributed by atoms with E-state index in [1.807, 2.05) is 5.38 Å². The van der Waals surface area contributed by atoms with Gasteiger partial charge in [0, 0.05) is 10.9 Å². The van der Waals surface area contributed by atoms with Crippen molar-refractivity contribution in [1.29, 1.82) is 0 Å². The highest BCUT2D eigenvalue weighted by Crippen LogP contribution is 2.30. The standard InChI is InChI=1S/C14H14NO2S/c1-9-4-10(2)13(11(3)5-9)14-15-12(7-18-14)6-17-8-16/h4-5,7H,6H2,1-3H3. The minimum atomic E-state index is 0.184. The number of ether oxygens (including phenoxy) is 1. The number of aromatic nitrogens is 1. The molecule has 0 bridgehead atoms. The van der Waals surface area contributed by atoms with Crippen molar-refractivity contribution in [3.05, 3.63) is 39.9 Å². The smallest absolute Gasteiger partial charge is 0.417 e. The lowest BCUT2D eigenvalue weighted by molar-refractivity contribution is 0.264. The van der Waals surface area contributed by atoms with E-state index in [2.05, 4.69) is 42.6 Å². The van der Waals surface area contributed by atoms with Crippen LogP contribution >= 0.6 is 11.3 Å². The summed E-state index contributed by atoms with van der Waals surface area (Å²) in [6.45, 7) is 7.86. The van der Waals surface area contributed by atoms with E-state index in [0.29, 0.717) is 0 Å². The molecule has 2 rings (SSSR count). The van der Waals surface area contributed by atoms with Crippen LogP contribution in [0.15, 0.2) is 17.5 Å². The van der Waals surface area contributed by atoms with Gasteiger partial charge >= 0.3 is 6.47 Å². The third kappa shape index (κ3) is 2.59. The molecule has 0 saturated carbocycles. The largest absolute Gasteiger partial charge is 0.451 e. The van der Waals surface area contributed by atoms with Gasteiger partial charge in [-0.2, -0.15) is 0 Å². The number of nitrogens with zero attached hydrogens (tertiary/aromatic N) is 1. The lowest BCUT2D eigenvalue weighted by atomic mass is 10.0. The van der Waals surface area contributed by atoms with Gasteiger partial charge in [0.1, 0.15) is 11.6 Å². The van der Waals surface area contributed by atoms with Gasteiger partial charge in [-0.1, -0.05) is 17.7 Å². The second-order valence-electron chi connectivity index (χ2n) is 4.29. The molecule has 0 aliphatic heterocycles. The maximum Gasteiger partial charge on any atom is 0.417 e. The summed E-state index contributed by atoms with van der Waals surface area (Å²) in [6.07, 6.45) is 0. The topological polar surface area (TPSA) is 39.2 Å². The summed E-state index contributed by atoms with van der Waals surface area (Å²) in [6, 6.07) is 4.30. The SMILES string of the molecule is Cc1cc(C)c(-c2nc(CO[C]=O)cs2)c(C)c1. The number of hydrogen-bond donors (Lipinski definition) is 0. The van der Waals surface area contributed by atoms with Crippen molar-refractivity contribution in [2.24, 2.45) is 0 Å². The molecule has 0 aliphatic carbocycles. The van der Waals surface area contributed by atoms with Crippen LogP contribution in [0.3, 0.4) is 0 Å². The van der Waals surface area contributed by atoms with Gasteiger partial charge in [-0.3, -0.25) is 0 Å². The Balaban J connectivity index is 2.37. The van der Waals surface area contributed by atoms with E-state index in [-0.39, 0.29) is 6.61 Å². The number of hydrogen-bond acceptors (Lipinski definition) is 4. The first-order valence-corrected chi connectivity index (χ1v) is 6.51. The zero-order valence-electron chi connectivity index (χ0n) is 10.6.